The molecular weight excluding hydrogens is 384 g/mol. The molecule has 1 atom stereocenters. The Bertz CT molecular complexity index is 1140. The summed E-state index contributed by atoms with van der Waals surface area (Å²) in [7, 11) is 0. The monoisotopic (exact) mass is 410 g/mol. The highest BCUT2D eigenvalue weighted by atomic mass is 16.3. The Morgan fingerprint density at radius 1 is 0.968 bits per heavy atom. The summed E-state index contributed by atoms with van der Waals surface area (Å²) < 4.78 is 0. The van der Waals surface area contributed by atoms with Gasteiger partial charge in [0.2, 0.25) is 0 Å². The van der Waals surface area contributed by atoms with Crippen LogP contribution < -0.4 is 0 Å². The van der Waals surface area contributed by atoms with Crippen LogP contribution in [-0.2, 0) is 6.42 Å². The van der Waals surface area contributed by atoms with Gasteiger partial charge >= 0.3 is 0 Å². The van der Waals surface area contributed by atoms with Gasteiger partial charge in [0.25, 0.3) is 0 Å². The second kappa shape index (κ2) is 8.19. The van der Waals surface area contributed by atoms with Gasteiger partial charge in [0.05, 0.1) is 11.4 Å². The first-order valence-electron chi connectivity index (χ1n) is 10.9. The lowest BCUT2D eigenvalue weighted by Crippen LogP contribution is -2.58. The van der Waals surface area contributed by atoms with Crippen LogP contribution in [0.5, 0.6) is 5.75 Å². The van der Waals surface area contributed by atoms with Crippen LogP contribution in [0.2, 0.25) is 0 Å². The average molecular weight is 411 g/mol. The van der Waals surface area contributed by atoms with Crippen molar-refractivity contribution in [2.45, 2.75) is 24.9 Å². The second-order valence-corrected chi connectivity index (χ2v) is 8.59. The molecule has 3 aliphatic heterocycles. The summed E-state index contributed by atoms with van der Waals surface area (Å²) in [6, 6.07) is 21.3. The lowest BCUT2D eigenvalue weighted by atomic mass is 9.75. The van der Waals surface area contributed by atoms with E-state index in [-0.39, 0.29) is 11.7 Å². The average Bonchev–Trinajstić information content (AvgIpc) is 2.80. The van der Waals surface area contributed by atoms with Gasteiger partial charge in [0, 0.05) is 30.0 Å². The quantitative estimate of drug-likeness (QED) is 0.644. The molecule has 4 heterocycles. The molecule has 1 aromatic heterocycles. The summed E-state index contributed by atoms with van der Waals surface area (Å²) in [6.45, 7) is 2.75. The maximum Gasteiger partial charge on any atom is 0.141 e. The fourth-order valence-corrected chi connectivity index (χ4v) is 4.74. The van der Waals surface area contributed by atoms with Gasteiger partial charge in [-0.3, -0.25) is 9.88 Å². The number of benzene rings is 2. The highest BCUT2D eigenvalue weighted by molar-refractivity contribution is 5.67. The van der Waals surface area contributed by atoms with Crippen LogP contribution in [0, 0.1) is 17.8 Å². The molecule has 31 heavy (non-hydrogen) atoms. The molecule has 2 N–H and O–H groups in total. The van der Waals surface area contributed by atoms with Gasteiger partial charge in [-0.05, 0) is 55.8 Å². The number of para-hydroxylation sites is 1. The third-order valence-electron chi connectivity index (χ3n) is 6.51. The zero-order chi connectivity index (χ0) is 21.3. The first-order chi connectivity index (χ1) is 15.1. The molecule has 3 fully saturated rings. The molecule has 3 aromatic rings. The number of piperidine rings is 3. The molecule has 0 saturated carbocycles. The number of phenolic OH excluding ortho intramolecular Hbond substituents is 1. The number of aromatic hydroxyl groups is 1. The van der Waals surface area contributed by atoms with Crippen LogP contribution in [0.15, 0.2) is 66.7 Å². The summed E-state index contributed by atoms with van der Waals surface area (Å²) in [6.07, 6.45) is 2.65. The van der Waals surface area contributed by atoms with E-state index in [1.165, 1.54) is 0 Å². The van der Waals surface area contributed by atoms with Crippen molar-refractivity contribution in [2.24, 2.45) is 5.92 Å². The molecule has 0 radical (unpaired) electrons. The van der Waals surface area contributed by atoms with Crippen LogP contribution >= 0.6 is 0 Å². The lowest BCUT2D eigenvalue weighted by Gasteiger charge is -2.47. The summed E-state index contributed by atoms with van der Waals surface area (Å²) >= 11 is 0. The predicted molar refractivity (Wildman–Crippen MR) is 122 cm³/mol. The van der Waals surface area contributed by atoms with E-state index in [2.05, 4.69) is 28.9 Å². The molecule has 4 heteroatoms. The molecule has 3 saturated heterocycles. The van der Waals surface area contributed by atoms with Crippen LogP contribution in [-0.4, -0.2) is 45.3 Å². The standard InChI is InChI=1S/C27H26N2O2/c30-26-9-5-4-8-23(26)24-11-10-21(25(28-24)18-20-6-2-1-3-7-20)12-15-27(31)19-29-16-13-22(27)14-17-29/h1-11,22,30-31H,13-14,16-19H2. The van der Waals surface area contributed by atoms with Gasteiger partial charge in [-0.25, -0.2) is 0 Å². The van der Waals surface area contributed by atoms with Gasteiger partial charge in [0.1, 0.15) is 11.4 Å². The Kier molecular flexibility index (Phi) is 5.23. The van der Waals surface area contributed by atoms with Gasteiger partial charge in [0.15, 0.2) is 0 Å². The Hall–Kier alpha value is -3.13. The van der Waals surface area contributed by atoms with Crippen molar-refractivity contribution in [3.8, 4) is 28.8 Å². The van der Waals surface area contributed by atoms with E-state index in [1.807, 2.05) is 42.5 Å². The smallest absolute Gasteiger partial charge is 0.141 e. The lowest BCUT2D eigenvalue weighted by molar-refractivity contribution is -0.0713. The van der Waals surface area contributed by atoms with E-state index in [1.54, 1.807) is 12.1 Å². The minimum atomic E-state index is -0.948. The Morgan fingerprint density at radius 2 is 1.71 bits per heavy atom. The maximum absolute atomic E-state index is 11.2. The van der Waals surface area contributed by atoms with Crippen molar-refractivity contribution in [3.05, 3.63) is 83.6 Å². The molecule has 0 aliphatic carbocycles. The van der Waals surface area contributed by atoms with E-state index < -0.39 is 5.60 Å². The summed E-state index contributed by atoms with van der Waals surface area (Å²) in [5.41, 5.74) is 3.30. The van der Waals surface area contributed by atoms with Crippen LogP contribution in [0.25, 0.3) is 11.3 Å². The number of fused-ring (bicyclic) bond motifs is 3. The topological polar surface area (TPSA) is 56.6 Å². The Morgan fingerprint density at radius 3 is 2.42 bits per heavy atom. The Labute approximate surface area is 183 Å². The van der Waals surface area contributed by atoms with Gasteiger partial charge in [-0.2, -0.15) is 0 Å². The first kappa shape index (κ1) is 19.8. The van der Waals surface area contributed by atoms with E-state index in [0.29, 0.717) is 18.5 Å². The number of rotatable bonds is 3. The third kappa shape index (κ3) is 4.07. The van der Waals surface area contributed by atoms with Crippen LogP contribution in [0.3, 0.4) is 0 Å². The minimum absolute atomic E-state index is 0.209. The van der Waals surface area contributed by atoms with Crippen LogP contribution in [0.4, 0.5) is 0 Å². The number of hydrogen-bond donors (Lipinski definition) is 2. The van der Waals surface area contributed by atoms with Crippen molar-refractivity contribution in [1.29, 1.82) is 0 Å². The van der Waals surface area contributed by atoms with Gasteiger partial charge < -0.3 is 10.2 Å². The van der Waals surface area contributed by atoms with Crippen molar-refractivity contribution < 1.29 is 10.2 Å². The minimum Gasteiger partial charge on any atom is -0.507 e. The second-order valence-electron chi connectivity index (χ2n) is 8.59. The largest absolute Gasteiger partial charge is 0.507 e. The molecule has 1 unspecified atom stereocenters. The summed E-state index contributed by atoms with van der Waals surface area (Å²) in [5.74, 6) is 6.94. The summed E-state index contributed by atoms with van der Waals surface area (Å²) in [5, 5.41) is 21.5. The Balaban J connectivity index is 1.53. The van der Waals surface area contributed by atoms with E-state index >= 15 is 0 Å². The number of aromatic nitrogens is 1. The van der Waals surface area contributed by atoms with Crippen molar-refractivity contribution in [3.63, 3.8) is 0 Å². The molecule has 6 rings (SSSR count). The van der Waals surface area contributed by atoms with Crippen molar-refractivity contribution >= 4 is 0 Å². The maximum atomic E-state index is 11.2. The molecular formula is C27H26N2O2. The summed E-state index contributed by atoms with van der Waals surface area (Å²) in [4.78, 5) is 7.18. The molecule has 4 nitrogen and oxygen atoms in total. The van der Waals surface area contributed by atoms with Crippen LogP contribution in [0.1, 0.15) is 29.7 Å². The van der Waals surface area contributed by atoms with Crippen molar-refractivity contribution in [2.75, 3.05) is 19.6 Å². The first-order valence-corrected chi connectivity index (χ1v) is 10.9. The number of aliphatic hydroxyl groups is 1. The normalized spacial score (nSPS) is 24.4. The van der Waals surface area contributed by atoms with E-state index in [4.69, 9.17) is 4.98 Å². The van der Waals surface area contributed by atoms with Crippen molar-refractivity contribution in [1.82, 2.24) is 9.88 Å². The number of phenols is 1. The molecule has 2 bridgehead atoms. The zero-order valence-corrected chi connectivity index (χ0v) is 17.5. The third-order valence-corrected chi connectivity index (χ3v) is 6.51. The predicted octanol–water partition coefficient (Wildman–Crippen LogP) is 3.85. The molecule has 156 valence electrons. The fraction of sp³-hybridized carbons (Fsp3) is 0.296. The number of hydrogen-bond acceptors (Lipinski definition) is 4. The van der Waals surface area contributed by atoms with Gasteiger partial charge in [-0.15, -0.1) is 0 Å². The highest BCUT2D eigenvalue weighted by Gasteiger charge is 2.44. The van der Waals surface area contributed by atoms with E-state index in [9.17, 15) is 10.2 Å². The molecule has 2 aromatic carbocycles. The molecule has 3 aliphatic rings. The van der Waals surface area contributed by atoms with Gasteiger partial charge in [-0.1, -0.05) is 54.3 Å². The SMILES string of the molecule is Oc1ccccc1-c1ccc(C#CC2(O)CN3CCC2CC3)c(Cc2ccccc2)n1. The molecule has 0 spiro atoms. The zero-order valence-electron chi connectivity index (χ0n) is 17.5. The highest BCUT2D eigenvalue weighted by Crippen LogP contribution is 2.35. The fourth-order valence-electron chi connectivity index (χ4n) is 4.74. The van der Waals surface area contributed by atoms with E-state index in [0.717, 1.165) is 48.4 Å². The molecule has 0 amide bonds. The number of nitrogens with zero attached hydrogens (tertiary/aromatic N) is 2. The number of pyridine rings is 1.